The average Bonchev–Trinajstić information content (AvgIpc) is 2.82. The molecular formula is C28H28N2O3. The van der Waals surface area contributed by atoms with Gasteiger partial charge in [0.2, 0.25) is 5.91 Å². The minimum Gasteiger partial charge on any atom is -0.497 e. The van der Waals surface area contributed by atoms with Crippen LogP contribution in [0.4, 0.5) is 0 Å². The van der Waals surface area contributed by atoms with E-state index in [1.165, 1.54) is 0 Å². The predicted octanol–water partition coefficient (Wildman–Crippen LogP) is 4.72. The summed E-state index contributed by atoms with van der Waals surface area (Å²) in [4.78, 5) is 25.4. The van der Waals surface area contributed by atoms with E-state index < -0.39 is 0 Å². The third kappa shape index (κ3) is 4.40. The Morgan fingerprint density at radius 2 is 1.70 bits per heavy atom. The highest BCUT2D eigenvalue weighted by Gasteiger charge is 2.23. The third-order valence-corrected chi connectivity index (χ3v) is 6.30. The molecule has 0 radical (unpaired) electrons. The molecule has 0 bridgehead atoms. The molecule has 1 heterocycles. The zero-order valence-electron chi connectivity index (χ0n) is 19.2. The number of carbonyl (C=O) groups excluding carboxylic acids is 1. The van der Waals surface area contributed by atoms with E-state index in [9.17, 15) is 9.59 Å². The molecule has 2 N–H and O–H groups in total. The SMILES string of the molecule is COc1ccc2c(=O)n(C)c(CC(CC(N)=O)c3ccccc3C)c(-c3ccccc3)c2c1. The van der Waals surface area contributed by atoms with Gasteiger partial charge in [-0.2, -0.15) is 0 Å². The lowest BCUT2D eigenvalue weighted by atomic mass is 9.85. The number of hydrogen-bond acceptors (Lipinski definition) is 3. The number of nitrogens with zero attached hydrogens (tertiary/aromatic N) is 1. The monoisotopic (exact) mass is 440 g/mol. The number of pyridine rings is 1. The highest BCUT2D eigenvalue weighted by Crippen LogP contribution is 2.36. The van der Waals surface area contributed by atoms with Gasteiger partial charge in [-0.15, -0.1) is 0 Å². The van der Waals surface area contributed by atoms with Gasteiger partial charge in [0, 0.05) is 35.5 Å². The molecule has 4 aromatic rings. The second-order valence-corrected chi connectivity index (χ2v) is 8.39. The Morgan fingerprint density at radius 1 is 1.00 bits per heavy atom. The number of primary amides is 1. The molecule has 0 aliphatic rings. The van der Waals surface area contributed by atoms with Crippen LogP contribution in [0.3, 0.4) is 0 Å². The summed E-state index contributed by atoms with van der Waals surface area (Å²) < 4.78 is 7.18. The lowest BCUT2D eigenvalue weighted by Gasteiger charge is -2.23. The standard InChI is InChI=1S/C28H28N2O3/c1-18-9-7-8-12-22(18)20(16-26(29)31)15-25-27(19-10-5-4-6-11-19)24-17-21(33-3)13-14-23(24)28(32)30(25)2/h4-14,17,20H,15-16H2,1-3H3,(H2,29,31). The van der Waals surface area contributed by atoms with Crippen LogP contribution in [0.2, 0.25) is 0 Å². The van der Waals surface area contributed by atoms with Crippen LogP contribution in [0.15, 0.2) is 77.6 Å². The molecule has 0 fully saturated rings. The summed E-state index contributed by atoms with van der Waals surface area (Å²) in [5.74, 6) is 0.170. The highest BCUT2D eigenvalue weighted by atomic mass is 16.5. The van der Waals surface area contributed by atoms with Gasteiger partial charge in [0.25, 0.3) is 5.56 Å². The highest BCUT2D eigenvalue weighted by molar-refractivity contribution is 5.98. The molecule has 4 rings (SSSR count). The van der Waals surface area contributed by atoms with Gasteiger partial charge in [0.1, 0.15) is 5.75 Å². The zero-order valence-corrected chi connectivity index (χ0v) is 19.2. The van der Waals surface area contributed by atoms with Gasteiger partial charge >= 0.3 is 0 Å². The molecule has 5 heteroatoms. The average molecular weight is 441 g/mol. The maximum absolute atomic E-state index is 13.4. The fourth-order valence-corrected chi connectivity index (χ4v) is 4.65. The first kappa shape index (κ1) is 22.3. The molecule has 1 unspecified atom stereocenters. The van der Waals surface area contributed by atoms with E-state index in [1.54, 1.807) is 24.8 Å². The van der Waals surface area contributed by atoms with Crippen LogP contribution in [-0.4, -0.2) is 17.6 Å². The first-order valence-corrected chi connectivity index (χ1v) is 11.0. The Balaban J connectivity index is 2.01. The maximum atomic E-state index is 13.4. The van der Waals surface area contributed by atoms with Gasteiger partial charge in [0.05, 0.1) is 7.11 Å². The number of carbonyl (C=O) groups is 1. The molecular weight excluding hydrogens is 412 g/mol. The fraction of sp³-hybridized carbons (Fsp3) is 0.214. The second kappa shape index (κ2) is 9.33. The van der Waals surface area contributed by atoms with Crippen molar-refractivity contribution in [3.05, 3.63) is 100.0 Å². The summed E-state index contributed by atoms with van der Waals surface area (Å²) in [5, 5.41) is 1.46. The fourth-order valence-electron chi connectivity index (χ4n) is 4.65. The normalized spacial score (nSPS) is 12.0. The Morgan fingerprint density at radius 3 is 2.36 bits per heavy atom. The van der Waals surface area contributed by atoms with Crippen molar-refractivity contribution in [3.8, 4) is 16.9 Å². The smallest absolute Gasteiger partial charge is 0.258 e. The largest absolute Gasteiger partial charge is 0.497 e. The quantitative estimate of drug-likeness (QED) is 0.452. The lowest BCUT2D eigenvalue weighted by molar-refractivity contribution is -0.118. The number of methoxy groups -OCH3 is 1. The van der Waals surface area contributed by atoms with Crippen molar-refractivity contribution >= 4 is 16.7 Å². The first-order valence-electron chi connectivity index (χ1n) is 11.0. The predicted molar refractivity (Wildman–Crippen MR) is 133 cm³/mol. The van der Waals surface area contributed by atoms with Gasteiger partial charge in [0.15, 0.2) is 0 Å². The van der Waals surface area contributed by atoms with Crippen molar-refractivity contribution in [1.82, 2.24) is 4.57 Å². The van der Waals surface area contributed by atoms with Gasteiger partial charge < -0.3 is 15.0 Å². The van der Waals surface area contributed by atoms with Crippen molar-refractivity contribution in [2.75, 3.05) is 7.11 Å². The number of nitrogens with two attached hydrogens (primary N) is 1. The topological polar surface area (TPSA) is 74.3 Å². The molecule has 1 atom stereocenters. The second-order valence-electron chi connectivity index (χ2n) is 8.39. The Kier molecular flexibility index (Phi) is 6.31. The van der Waals surface area contributed by atoms with Gasteiger partial charge in [-0.3, -0.25) is 9.59 Å². The molecule has 5 nitrogen and oxygen atoms in total. The molecule has 0 saturated heterocycles. The summed E-state index contributed by atoms with van der Waals surface area (Å²) in [6, 6.07) is 23.6. The zero-order chi connectivity index (χ0) is 23.5. The number of amides is 1. The van der Waals surface area contributed by atoms with E-state index in [-0.39, 0.29) is 23.8 Å². The van der Waals surface area contributed by atoms with Crippen LogP contribution < -0.4 is 16.0 Å². The summed E-state index contributed by atoms with van der Waals surface area (Å²) in [6.45, 7) is 2.03. The van der Waals surface area contributed by atoms with E-state index in [4.69, 9.17) is 10.5 Å². The molecule has 0 spiro atoms. The number of hydrogen-bond donors (Lipinski definition) is 1. The van der Waals surface area contributed by atoms with Crippen LogP contribution in [0.1, 0.15) is 29.2 Å². The van der Waals surface area contributed by atoms with E-state index in [1.807, 2.05) is 73.7 Å². The summed E-state index contributed by atoms with van der Waals surface area (Å²) in [6.07, 6.45) is 0.695. The molecule has 33 heavy (non-hydrogen) atoms. The number of benzene rings is 3. The molecule has 1 amide bonds. The number of aromatic nitrogens is 1. The first-order chi connectivity index (χ1) is 15.9. The van der Waals surface area contributed by atoms with E-state index >= 15 is 0 Å². The van der Waals surface area contributed by atoms with Crippen molar-refractivity contribution in [1.29, 1.82) is 0 Å². The Bertz CT molecular complexity index is 1370. The number of rotatable bonds is 7. The van der Waals surface area contributed by atoms with Crippen LogP contribution in [-0.2, 0) is 18.3 Å². The Hall–Kier alpha value is -3.86. The van der Waals surface area contributed by atoms with Crippen LogP contribution in [0.5, 0.6) is 5.75 Å². The minimum absolute atomic E-state index is 0.0788. The number of fused-ring (bicyclic) bond motifs is 1. The van der Waals surface area contributed by atoms with Crippen molar-refractivity contribution in [3.63, 3.8) is 0 Å². The third-order valence-electron chi connectivity index (χ3n) is 6.30. The summed E-state index contributed by atoms with van der Waals surface area (Å²) in [7, 11) is 3.42. The van der Waals surface area contributed by atoms with Crippen molar-refractivity contribution in [2.24, 2.45) is 12.8 Å². The number of aryl methyl sites for hydroxylation is 1. The molecule has 168 valence electrons. The number of ether oxygens (including phenoxy) is 1. The summed E-state index contributed by atoms with van der Waals surface area (Å²) >= 11 is 0. The molecule has 0 aliphatic heterocycles. The van der Waals surface area contributed by atoms with Crippen molar-refractivity contribution in [2.45, 2.75) is 25.7 Å². The van der Waals surface area contributed by atoms with E-state index in [0.717, 1.165) is 33.3 Å². The van der Waals surface area contributed by atoms with Crippen LogP contribution >= 0.6 is 0 Å². The van der Waals surface area contributed by atoms with Crippen molar-refractivity contribution < 1.29 is 9.53 Å². The van der Waals surface area contributed by atoms with Crippen LogP contribution in [0.25, 0.3) is 21.9 Å². The molecule has 0 saturated carbocycles. The summed E-state index contributed by atoms with van der Waals surface area (Å²) in [5.41, 5.74) is 10.6. The molecule has 3 aromatic carbocycles. The minimum atomic E-state index is -0.364. The van der Waals surface area contributed by atoms with E-state index in [0.29, 0.717) is 17.6 Å². The molecule has 0 aliphatic carbocycles. The van der Waals surface area contributed by atoms with Gasteiger partial charge in [-0.1, -0.05) is 54.6 Å². The Labute approximate surface area is 193 Å². The van der Waals surface area contributed by atoms with Gasteiger partial charge in [-0.25, -0.2) is 0 Å². The maximum Gasteiger partial charge on any atom is 0.258 e. The molecule has 1 aromatic heterocycles. The van der Waals surface area contributed by atoms with E-state index in [2.05, 4.69) is 0 Å². The van der Waals surface area contributed by atoms with Gasteiger partial charge in [-0.05, 0) is 54.2 Å². The lowest BCUT2D eigenvalue weighted by Crippen LogP contribution is -2.25. The van der Waals surface area contributed by atoms with Crippen LogP contribution in [0, 0.1) is 6.92 Å².